The Bertz CT molecular complexity index is 6250. The van der Waals surface area contributed by atoms with Crippen LogP contribution in [0.3, 0.4) is 0 Å². The molecule has 6 aromatic heterocycles. The molecule has 0 aliphatic carbocycles. The van der Waals surface area contributed by atoms with E-state index < -0.39 is 42.8 Å². The third-order valence-corrected chi connectivity index (χ3v) is 25.9. The van der Waals surface area contributed by atoms with Crippen LogP contribution in [-0.2, 0) is 73.3 Å². The van der Waals surface area contributed by atoms with Crippen molar-refractivity contribution in [2.75, 3.05) is 90.0 Å². The molecule has 1 unspecified atom stereocenters. The zero-order chi connectivity index (χ0) is 106. The summed E-state index contributed by atoms with van der Waals surface area (Å²) in [6.45, 7) is 28.6. The number of ether oxygens (including phenoxy) is 6. The van der Waals surface area contributed by atoms with Gasteiger partial charge in [0.25, 0.3) is 0 Å². The Balaban J connectivity index is 0.000000246. The minimum absolute atomic E-state index is 0. The van der Waals surface area contributed by atoms with Gasteiger partial charge in [-0.1, -0.05) is 104 Å². The predicted molar refractivity (Wildman–Crippen MR) is 592 cm³/mol. The summed E-state index contributed by atoms with van der Waals surface area (Å²) in [6.07, 6.45) is 3.82. The lowest BCUT2D eigenvalue weighted by atomic mass is 9.84. The van der Waals surface area contributed by atoms with Crippen molar-refractivity contribution in [3.8, 4) is 23.1 Å². The van der Waals surface area contributed by atoms with Gasteiger partial charge in [-0.25, -0.2) is 89.7 Å². The van der Waals surface area contributed by atoms with Crippen LogP contribution in [0.1, 0.15) is 209 Å². The molecular formula is C97H131BBr3F4N23O16S5. The van der Waals surface area contributed by atoms with Crippen LogP contribution in [0.2, 0.25) is 0 Å². The number of anilines is 4. The van der Waals surface area contributed by atoms with Crippen LogP contribution in [0.5, 0.6) is 11.8 Å². The number of fused-ring (bicyclic) bond motifs is 4. The number of halogens is 7. The van der Waals surface area contributed by atoms with E-state index in [1.165, 1.54) is 61.8 Å². The molecule has 0 spiro atoms. The van der Waals surface area contributed by atoms with Crippen LogP contribution in [0.15, 0.2) is 132 Å². The molecule has 0 radical (unpaired) electrons. The zero-order valence-electron chi connectivity index (χ0n) is 85.2. The number of pyridine rings is 1. The summed E-state index contributed by atoms with van der Waals surface area (Å²) in [5, 5.41) is 40.1. The van der Waals surface area contributed by atoms with Crippen molar-refractivity contribution in [3.05, 3.63) is 230 Å². The molecule has 18 N–H and O–H groups in total. The Labute approximate surface area is 921 Å². The lowest BCUT2D eigenvalue weighted by molar-refractivity contribution is -0.141. The van der Waals surface area contributed by atoms with E-state index in [1.54, 1.807) is 57.4 Å². The molecule has 39 nitrogen and oxygen atoms in total. The Kier molecular flexibility index (Phi) is 49.2. The van der Waals surface area contributed by atoms with Gasteiger partial charge < -0.3 is 91.2 Å². The molecule has 17 rings (SSSR count). The molecule has 4 aromatic carbocycles. The van der Waals surface area contributed by atoms with Gasteiger partial charge >= 0.3 is 7.12 Å². The number of aliphatic hydroxyl groups excluding tert-OH is 4. The number of aromatic nitrogens is 11. The fourth-order valence-electron chi connectivity index (χ4n) is 15.9. The van der Waals surface area contributed by atoms with E-state index in [2.05, 4.69) is 129 Å². The summed E-state index contributed by atoms with van der Waals surface area (Å²) in [6, 6.07) is 23.9. The fourth-order valence-corrected chi connectivity index (χ4v) is 18.2. The SMILES string of the molecule is CC.CC1(C)OCC(CCON)O1.COc1cccc(B2OC(C)(C)C(C)(C)O2)n1.COc1ccnc(-c2cc(F)ccc2[C@H]2Cc3nc(N)nc(C)c3C(NOCC[C@H](O)CO)=N2)n1.Cc1nc(N)nc2c1C(=S)N[C@@H](c1ccc(F)cc1Br)C2.Cc1nc(N)nc2c1C(NOCC[C@H](O)CO)=N[C@@H](c1ccc(F)cc1Br)C2.Cc1nc(N)nc2c1C(NOCC[C@H]1COC(C)(C)O1)=N[C@@H](c1ccc(F)cc1Br)C2.S.S.S.S. The maximum atomic E-state index is 14.3. The first kappa shape index (κ1) is 126. The Hall–Kier alpha value is -9.45. The maximum absolute atomic E-state index is 14.3. The van der Waals surface area contributed by atoms with Crippen molar-refractivity contribution in [2.45, 2.75) is 220 Å². The normalized spacial score (nSPS) is 18.6. The first-order valence-electron chi connectivity index (χ1n) is 46.6. The van der Waals surface area contributed by atoms with Gasteiger partial charge in [0.05, 0.1) is 200 Å². The number of rotatable bonds is 25. The monoisotopic (exact) mass is 2360 g/mol. The number of benzene rings is 4. The second kappa shape index (κ2) is 58.0. The van der Waals surface area contributed by atoms with Gasteiger partial charge in [-0.15, -0.1) is 0 Å². The third-order valence-electron chi connectivity index (χ3n) is 23.5. The number of aryl methyl sites for hydroxylation is 4. The van der Waals surface area contributed by atoms with Gasteiger partial charge in [-0.3, -0.25) is 29.5 Å². The number of hydrogen-bond acceptors (Lipinski definition) is 39. The maximum Gasteiger partial charge on any atom is 0.514 e. The van der Waals surface area contributed by atoms with Gasteiger partial charge in [-0.05, 0) is 160 Å². The van der Waals surface area contributed by atoms with Crippen LogP contribution in [0.25, 0.3) is 11.4 Å². The second-order valence-electron chi connectivity index (χ2n) is 35.6. The average molecular weight is 2360 g/mol. The number of hydrogen-bond donors (Lipinski definition) is 13. The minimum atomic E-state index is -0.889. The molecule has 149 heavy (non-hydrogen) atoms. The molecule has 0 saturated carbocycles. The van der Waals surface area contributed by atoms with E-state index in [9.17, 15) is 27.8 Å². The van der Waals surface area contributed by atoms with E-state index in [1.807, 2.05) is 95.2 Å². The van der Waals surface area contributed by atoms with E-state index in [0.29, 0.717) is 163 Å². The number of nitrogens with two attached hydrogens (primary N) is 5. The number of nitrogens with zero attached hydrogens (tertiary/aromatic N) is 14. The van der Waals surface area contributed by atoms with Crippen LogP contribution in [0.4, 0.5) is 41.4 Å². The Morgan fingerprint density at radius 1 is 0.483 bits per heavy atom. The third kappa shape index (κ3) is 34.8. The van der Waals surface area contributed by atoms with Crippen molar-refractivity contribution >= 4 is 173 Å². The quantitative estimate of drug-likeness (QED) is 0.00831. The highest BCUT2D eigenvalue weighted by atomic mass is 79.9. The highest BCUT2D eigenvalue weighted by Gasteiger charge is 2.53. The molecule has 0 amide bonds. The van der Waals surface area contributed by atoms with Gasteiger partial charge in [0, 0.05) is 88.7 Å². The first-order valence-corrected chi connectivity index (χ1v) is 49.4. The average Bonchev–Trinajstić information content (AvgIpc) is 1.55. The number of methoxy groups -OCH3 is 2. The number of aliphatic imine (C=N–C) groups is 3. The van der Waals surface area contributed by atoms with Gasteiger partial charge in [0.15, 0.2) is 34.9 Å². The number of thiocarbonyl (C=S) groups is 1. The van der Waals surface area contributed by atoms with Crippen molar-refractivity contribution in [2.24, 2.45) is 20.9 Å². The van der Waals surface area contributed by atoms with E-state index in [0.717, 1.165) is 56.9 Å². The van der Waals surface area contributed by atoms with Crippen LogP contribution >= 0.6 is 114 Å². The van der Waals surface area contributed by atoms with Gasteiger partial charge in [0.1, 0.15) is 28.3 Å². The molecule has 8 atom stereocenters. The summed E-state index contributed by atoms with van der Waals surface area (Å²) in [5.41, 5.74) is 44.3. The standard InChI is InChI=1S/C23H26FN7O4.C21H25BrFN5O3.C18H21BrFN5O3.C14H12BrFN4S.C12H18BNO3.C7H15NO3.C2H6.4H2S/c1-12-20-18(29-23(25)27-12)10-17(28-22(20)31-35-8-6-14(33)11-32)15-4-3-13(24)9-16(15)21-26-7-5-19(30-21)34-2;1-11-18-17(27-20(24)25-11)9-16(14-5-4-12(23)8-15(14)22)26-19(18)28-30-7-6-13-10-29-21(2,3)31-13;1-9-16-15(24-18(21)22-9)7-14(12-3-2-10(20)6-13(12)19)23-17(16)25-28-5-4-11(27)8-26;1-6-12-11(20-14(17)18-6)5-10(19-13(12)21)8-3-2-7(16)4-9(8)15;1-11(2)12(3,4)17-13(16-11)9-7-6-8-10(14-9)15-5;1-7(2)9-5-6(11-7)3-4-10-8;1-2;;;;/h3-5,7,9,14,17,32-33H,6,8,10-11H2,1-2H3,(H,28,31)(H2,25,27,29);4-5,8,13,16H,6-7,9-10H2,1-3H3,(H,26,28)(H2,24,25,27);2-3,6,11,14,26-27H,4-5,7-8H2,1H3,(H,23,25)(H2,21,22,24);2-4,10H,5H2,1H3,(H,19,21)(H2,17,18,20);6-8H,1-5H3;6H,3-5,8H2,1-2H3;1-2H3;4*1H2/t14-,17+;13-,16+;11-,14+;10-;;;;;;;/m0001......./s1. The molecule has 3 fully saturated rings. The van der Waals surface area contributed by atoms with Crippen LogP contribution in [-0.4, -0.2) is 219 Å². The molecular weight excluding hydrogens is 2230 g/mol. The van der Waals surface area contributed by atoms with Crippen LogP contribution in [0, 0.1) is 51.0 Å². The number of nitrogens with one attached hydrogen (secondary N) is 4. The summed E-state index contributed by atoms with van der Waals surface area (Å²) in [4.78, 5) is 83.3. The predicted octanol–water partition coefficient (Wildman–Crippen LogP) is 12.3. The lowest BCUT2D eigenvalue weighted by Crippen LogP contribution is -2.41. The number of nitrogen functional groups attached to an aromatic ring is 4. The summed E-state index contributed by atoms with van der Waals surface area (Å²) >= 11 is 15.6. The van der Waals surface area contributed by atoms with E-state index in [-0.39, 0.29) is 176 Å². The molecule has 7 aliphatic heterocycles. The van der Waals surface area contributed by atoms with Crippen molar-refractivity contribution in [3.63, 3.8) is 0 Å². The van der Waals surface area contributed by atoms with Gasteiger partial charge in [0.2, 0.25) is 35.6 Å². The molecule has 7 aliphatic rings. The fraction of sp³-hybridized carbons (Fsp3) is 0.454. The topological polar surface area (TPSA) is 549 Å². The molecule has 13 heterocycles. The molecule has 3 saturated heterocycles. The molecule has 10 aromatic rings. The lowest BCUT2D eigenvalue weighted by Gasteiger charge is -2.32. The highest BCUT2D eigenvalue weighted by molar-refractivity contribution is 9.11. The molecule has 52 heteroatoms. The van der Waals surface area contributed by atoms with Gasteiger partial charge in [-0.2, -0.15) is 59.0 Å². The van der Waals surface area contributed by atoms with E-state index >= 15 is 0 Å². The summed E-state index contributed by atoms with van der Waals surface area (Å²) in [7, 11) is 2.65. The number of hydroxylamine groups is 3. The molecule has 0 bridgehead atoms. The van der Waals surface area contributed by atoms with Crippen molar-refractivity contribution in [1.82, 2.24) is 76.6 Å². The van der Waals surface area contributed by atoms with Crippen molar-refractivity contribution < 1.29 is 95.1 Å². The summed E-state index contributed by atoms with van der Waals surface area (Å²) in [5.74, 6) is 5.76. The number of aliphatic hydroxyl groups is 4. The van der Waals surface area contributed by atoms with Crippen LogP contribution < -0.4 is 65.7 Å². The Morgan fingerprint density at radius 3 is 1.24 bits per heavy atom. The largest absolute Gasteiger partial charge is 0.514 e. The minimum Gasteiger partial charge on any atom is -0.481 e. The molecule has 812 valence electrons. The highest BCUT2D eigenvalue weighted by Crippen LogP contribution is 2.42. The second-order valence-corrected chi connectivity index (χ2v) is 38.5. The number of amidine groups is 3. The van der Waals surface area contributed by atoms with Crippen molar-refractivity contribution in [1.29, 1.82) is 0 Å². The zero-order valence-corrected chi connectivity index (χ0v) is 94.8. The first-order chi connectivity index (χ1) is 68.9. The Morgan fingerprint density at radius 2 is 0.852 bits per heavy atom. The van der Waals surface area contributed by atoms with E-state index in [4.69, 9.17) is 118 Å². The summed E-state index contributed by atoms with van der Waals surface area (Å²) < 4.78 is 101. The smallest absolute Gasteiger partial charge is 0.481 e.